The molecule has 0 spiro atoms. The molecule has 1 saturated heterocycles. The Morgan fingerprint density at radius 3 is 2.72 bits per heavy atom. The Labute approximate surface area is 211 Å². The smallest absolute Gasteiger partial charge is 0.257 e. The molecule has 0 aliphatic carbocycles. The summed E-state index contributed by atoms with van der Waals surface area (Å²) >= 11 is 1.33. The van der Waals surface area contributed by atoms with Crippen LogP contribution in [0.25, 0.3) is 10.4 Å². The largest absolute Gasteiger partial charge is 0.504 e. The molecule has 0 radical (unpaired) electrons. The number of nitrogens with zero attached hydrogens (tertiary/aromatic N) is 3. The first kappa shape index (κ1) is 23.5. The number of phenolic OH excluding ortho intramolecular Hbond substituents is 1. The third kappa shape index (κ3) is 5.36. The Balaban J connectivity index is 1.30. The summed E-state index contributed by atoms with van der Waals surface area (Å²) in [6.07, 6.45) is 5.26. The van der Waals surface area contributed by atoms with Crippen molar-refractivity contribution in [2.75, 3.05) is 23.3 Å². The highest BCUT2D eigenvalue weighted by atomic mass is 32.1. The molecule has 2 heterocycles. The zero-order chi connectivity index (χ0) is 24.9. The van der Waals surface area contributed by atoms with Gasteiger partial charge in [-0.25, -0.2) is 9.37 Å². The van der Waals surface area contributed by atoms with E-state index >= 15 is 0 Å². The Morgan fingerprint density at radius 1 is 1.11 bits per heavy atom. The third-order valence-electron chi connectivity index (χ3n) is 5.78. The molecule has 1 fully saturated rings. The van der Waals surface area contributed by atoms with Crippen LogP contribution in [0.3, 0.4) is 0 Å². The maximum Gasteiger partial charge on any atom is 0.257 e. The fourth-order valence-electron chi connectivity index (χ4n) is 3.94. The molecule has 1 aliphatic heterocycles. The van der Waals surface area contributed by atoms with E-state index in [4.69, 9.17) is 4.84 Å². The second kappa shape index (κ2) is 10.6. The number of aromatic nitrogens is 1. The molecule has 3 aromatic carbocycles. The van der Waals surface area contributed by atoms with Gasteiger partial charge in [0.2, 0.25) is 0 Å². The summed E-state index contributed by atoms with van der Waals surface area (Å²) in [6, 6.07) is 19.3. The first-order valence-corrected chi connectivity index (χ1v) is 12.3. The molecule has 0 atom stereocenters. The molecule has 182 valence electrons. The summed E-state index contributed by atoms with van der Waals surface area (Å²) in [5.74, 6) is -1.64. The number of para-hydroxylation sites is 1. The van der Waals surface area contributed by atoms with Gasteiger partial charge < -0.3 is 14.8 Å². The topological polar surface area (TPSA) is 87.1 Å². The number of anilines is 2. The van der Waals surface area contributed by atoms with Crippen molar-refractivity contribution in [3.8, 4) is 21.9 Å². The third-order valence-corrected chi connectivity index (χ3v) is 6.74. The highest BCUT2D eigenvalue weighted by Crippen LogP contribution is 2.32. The van der Waals surface area contributed by atoms with Gasteiger partial charge >= 0.3 is 0 Å². The number of thiazole rings is 1. The first-order chi connectivity index (χ1) is 17.6. The van der Waals surface area contributed by atoms with E-state index in [2.05, 4.69) is 32.5 Å². The molecular formula is C27H23FN4O3S. The number of hydrogen-bond acceptors (Lipinski definition) is 7. The molecule has 9 heteroatoms. The van der Waals surface area contributed by atoms with Crippen LogP contribution < -0.4 is 15.1 Å². The van der Waals surface area contributed by atoms with E-state index in [0.29, 0.717) is 10.9 Å². The van der Waals surface area contributed by atoms with Crippen LogP contribution in [-0.2, 0) is 0 Å². The van der Waals surface area contributed by atoms with E-state index in [1.165, 1.54) is 35.9 Å². The van der Waals surface area contributed by atoms with Crippen LogP contribution in [-0.4, -0.2) is 35.3 Å². The number of nitrogens with one attached hydrogen (secondary N) is 1. The molecule has 0 bridgehead atoms. The number of oxime groups is 1. The molecule has 4 aromatic rings. The van der Waals surface area contributed by atoms with Crippen LogP contribution in [0.4, 0.5) is 15.2 Å². The molecule has 1 aromatic heterocycles. The van der Waals surface area contributed by atoms with Gasteiger partial charge in [-0.05, 0) is 54.8 Å². The fraction of sp³-hybridized carbons (Fsp3) is 0.148. The van der Waals surface area contributed by atoms with Crippen LogP contribution in [0.1, 0.15) is 28.8 Å². The number of amides is 1. The second-order valence-corrected chi connectivity index (χ2v) is 9.29. The molecule has 0 unspecified atom stereocenters. The van der Waals surface area contributed by atoms with Gasteiger partial charge in [-0.15, -0.1) is 0 Å². The maximum atomic E-state index is 14.3. The van der Waals surface area contributed by atoms with Crippen molar-refractivity contribution in [1.29, 1.82) is 0 Å². The lowest BCUT2D eigenvalue weighted by molar-refractivity contribution is 0.102. The van der Waals surface area contributed by atoms with Gasteiger partial charge in [0.05, 0.1) is 11.1 Å². The predicted molar refractivity (Wildman–Crippen MR) is 140 cm³/mol. The van der Waals surface area contributed by atoms with Crippen LogP contribution in [0.5, 0.6) is 11.5 Å². The van der Waals surface area contributed by atoms with E-state index in [0.717, 1.165) is 35.8 Å². The highest BCUT2D eigenvalue weighted by molar-refractivity contribution is 7.19. The van der Waals surface area contributed by atoms with Crippen LogP contribution in [0.15, 0.2) is 78.1 Å². The number of halogens is 1. The summed E-state index contributed by atoms with van der Waals surface area (Å²) in [5.41, 5.74) is 2.22. The lowest BCUT2D eigenvalue weighted by Crippen LogP contribution is -2.17. The van der Waals surface area contributed by atoms with Crippen molar-refractivity contribution in [2.24, 2.45) is 5.16 Å². The molecule has 1 aliphatic rings. The lowest BCUT2D eigenvalue weighted by atomic mass is 10.1. The molecular weight excluding hydrogens is 479 g/mol. The standard InChI is InChI=1S/C27H23FN4O3S/c28-23-15-19(13-20(25(23)33)16-30-35-22-9-2-1-3-10-22)26(34)31-27-29-17-24(36-27)18-7-6-8-21(14-18)32-11-4-5-12-32/h1-3,6-10,13-17,33H,4-5,11-12H2,(H,29,31,34). The van der Waals surface area contributed by atoms with Gasteiger partial charge in [0, 0.05) is 36.1 Å². The summed E-state index contributed by atoms with van der Waals surface area (Å²) in [4.78, 5) is 25.6. The Kier molecular flexibility index (Phi) is 6.90. The van der Waals surface area contributed by atoms with Gasteiger partial charge in [0.15, 0.2) is 22.4 Å². The average molecular weight is 503 g/mol. The molecule has 2 N–H and O–H groups in total. The number of benzene rings is 3. The number of aromatic hydroxyl groups is 1. The second-order valence-electron chi connectivity index (χ2n) is 8.26. The van der Waals surface area contributed by atoms with Crippen molar-refractivity contribution >= 4 is 34.3 Å². The number of carbonyl (C=O) groups is 1. The number of hydrogen-bond donors (Lipinski definition) is 2. The van der Waals surface area contributed by atoms with Crippen molar-refractivity contribution < 1.29 is 19.1 Å². The minimum atomic E-state index is -0.942. The quantitative estimate of drug-likeness (QED) is 0.242. The minimum Gasteiger partial charge on any atom is -0.504 e. The van der Waals surface area contributed by atoms with E-state index < -0.39 is 17.5 Å². The Morgan fingerprint density at radius 2 is 1.92 bits per heavy atom. The summed E-state index contributed by atoms with van der Waals surface area (Å²) in [6.45, 7) is 2.11. The number of carbonyl (C=O) groups excluding carboxylic acids is 1. The first-order valence-electron chi connectivity index (χ1n) is 11.5. The molecule has 7 nitrogen and oxygen atoms in total. The SMILES string of the molecule is O=C(Nc1ncc(-c2cccc(N3CCCC3)c2)s1)c1cc(F)c(O)c(C=NOc2ccccc2)c1. The van der Waals surface area contributed by atoms with Gasteiger partial charge in [-0.1, -0.05) is 46.8 Å². The van der Waals surface area contributed by atoms with Crippen molar-refractivity contribution in [3.05, 3.63) is 89.9 Å². The zero-order valence-electron chi connectivity index (χ0n) is 19.2. The van der Waals surface area contributed by atoms with Crippen molar-refractivity contribution in [1.82, 2.24) is 4.98 Å². The van der Waals surface area contributed by atoms with Gasteiger partial charge in [0.25, 0.3) is 5.91 Å². The van der Waals surface area contributed by atoms with Gasteiger partial charge in [-0.2, -0.15) is 0 Å². The predicted octanol–water partition coefficient (Wildman–Crippen LogP) is 5.92. The molecule has 1 amide bonds. The number of rotatable bonds is 7. The Hall–Kier alpha value is -4.24. The van der Waals surface area contributed by atoms with Crippen molar-refractivity contribution in [2.45, 2.75) is 12.8 Å². The number of phenols is 1. The van der Waals surface area contributed by atoms with E-state index in [1.54, 1.807) is 30.5 Å². The molecule has 5 rings (SSSR count). The monoisotopic (exact) mass is 502 g/mol. The Bertz CT molecular complexity index is 1400. The summed E-state index contributed by atoms with van der Waals surface area (Å²) < 4.78 is 14.3. The van der Waals surface area contributed by atoms with E-state index in [-0.39, 0.29) is 11.1 Å². The molecule has 36 heavy (non-hydrogen) atoms. The normalized spacial score (nSPS) is 13.3. The van der Waals surface area contributed by atoms with Gasteiger partial charge in [-0.3, -0.25) is 10.1 Å². The summed E-state index contributed by atoms with van der Waals surface area (Å²) in [5, 5.41) is 16.9. The summed E-state index contributed by atoms with van der Waals surface area (Å²) in [7, 11) is 0. The molecule has 0 saturated carbocycles. The average Bonchev–Trinajstić information content (AvgIpc) is 3.60. The van der Waals surface area contributed by atoms with Crippen LogP contribution >= 0.6 is 11.3 Å². The van der Waals surface area contributed by atoms with Crippen LogP contribution in [0.2, 0.25) is 0 Å². The highest BCUT2D eigenvalue weighted by Gasteiger charge is 2.17. The zero-order valence-corrected chi connectivity index (χ0v) is 20.0. The van der Waals surface area contributed by atoms with Crippen LogP contribution in [0, 0.1) is 5.82 Å². The van der Waals surface area contributed by atoms with Gasteiger partial charge in [0.1, 0.15) is 0 Å². The fourth-order valence-corrected chi connectivity index (χ4v) is 4.75. The van der Waals surface area contributed by atoms with E-state index in [9.17, 15) is 14.3 Å². The van der Waals surface area contributed by atoms with Crippen molar-refractivity contribution in [3.63, 3.8) is 0 Å². The lowest BCUT2D eigenvalue weighted by Gasteiger charge is -2.18. The maximum absolute atomic E-state index is 14.3. The van der Waals surface area contributed by atoms with E-state index in [1.807, 2.05) is 18.2 Å². The minimum absolute atomic E-state index is 0.00892.